The fourth-order valence-corrected chi connectivity index (χ4v) is 3.73. The van der Waals surface area contributed by atoms with E-state index in [2.05, 4.69) is 25.9 Å². The Bertz CT molecular complexity index is 705. The van der Waals surface area contributed by atoms with Crippen LogP contribution in [0.5, 0.6) is 0 Å². The summed E-state index contributed by atoms with van der Waals surface area (Å²) in [7, 11) is 1.49. The van der Waals surface area contributed by atoms with E-state index in [1.165, 1.54) is 23.3 Å². The van der Waals surface area contributed by atoms with Gasteiger partial charge in [-0.1, -0.05) is 20.8 Å². The first-order valence-electron chi connectivity index (χ1n) is 7.59. The van der Waals surface area contributed by atoms with Crippen molar-refractivity contribution in [1.82, 2.24) is 10.2 Å². The zero-order valence-corrected chi connectivity index (χ0v) is 14.8. The van der Waals surface area contributed by atoms with Crippen molar-refractivity contribution in [3.8, 4) is 0 Å². The number of nitrogens with zero attached hydrogens (tertiary/aromatic N) is 2. The number of H-pyrrole nitrogens is 1. The van der Waals surface area contributed by atoms with Crippen LogP contribution in [0, 0.1) is 5.92 Å². The molecule has 0 saturated heterocycles. The molecule has 0 fully saturated rings. The number of carbonyl (C=O) groups is 1. The van der Waals surface area contributed by atoms with Crippen molar-refractivity contribution in [2.24, 2.45) is 5.92 Å². The van der Waals surface area contributed by atoms with Gasteiger partial charge in [-0.25, -0.2) is 0 Å². The summed E-state index contributed by atoms with van der Waals surface area (Å²) in [5.41, 5.74) is -0.947. The van der Waals surface area contributed by atoms with Gasteiger partial charge in [0.05, 0.1) is 17.4 Å². The molecule has 0 bridgehead atoms. The second-order valence-electron chi connectivity index (χ2n) is 6.22. The molecular formula is C16H20F3N3OS. The Kier molecular flexibility index (Phi) is 5.37. The molecule has 8 heteroatoms. The Morgan fingerprint density at radius 2 is 2.04 bits per heavy atom. The first kappa shape index (κ1) is 18.5. The standard InChI is InChI=1S/C16H20F3N3OS/c1-9(2)7-10(3)13-12(5-6-24-13)22(4)15(23)11-8-20-21-14(11)16(17,18)19/h5-6,8-10H,7H2,1-4H3,(H,20,21). The molecule has 0 radical (unpaired) electrons. The van der Waals surface area contributed by atoms with Gasteiger partial charge in [0.1, 0.15) is 0 Å². The molecule has 1 atom stereocenters. The fourth-order valence-electron chi connectivity index (χ4n) is 2.73. The van der Waals surface area contributed by atoms with Crippen LogP contribution in [0.4, 0.5) is 18.9 Å². The summed E-state index contributed by atoms with van der Waals surface area (Å²) in [6, 6.07) is 1.77. The summed E-state index contributed by atoms with van der Waals surface area (Å²) < 4.78 is 38.9. The molecular weight excluding hydrogens is 339 g/mol. The normalized spacial score (nSPS) is 13.3. The number of carbonyl (C=O) groups excluding carboxylic acids is 1. The molecule has 0 spiro atoms. The third kappa shape index (κ3) is 3.80. The number of hydrogen-bond donors (Lipinski definition) is 1. The van der Waals surface area contributed by atoms with E-state index in [1.807, 2.05) is 10.5 Å². The number of nitrogens with one attached hydrogen (secondary N) is 1. The first-order valence-corrected chi connectivity index (χ1v) is 8.46. The van der Waals surface area contributed by atoms with Crippen LogP contribution in [0.2, 0.25) is 0 Å². The Balaban J connectivity index is 2.30. The maximum absolute atomic E-state index is 13.0. The van der Waals surface area contributed by atoms with Gasteiger partial charge in [0.15, 0.2) is 5.69 Å². The van der Waals surface area contributed by atoms with Crippen molar-refractivity contribution in [2.75, 3.05) is 11.9 Å². The minimum absolute atomic E-state index is 0.224. The molecule has 0 aliphatic carbocycles. The van der Waals surface area contributed by atoms with E-state index in [0.29, 0.717) is 11.6 Å². The van der Waals surface area contributed by atoms with Crippen LogP contribution < -0.4 is 4.90 Å². The summed E-state index contributed by atoms with van der Waals surface area (Å²) in [6.45, 7) is 6.28. The molecule has 0 aromatic carbocycles. The van der Waals surface area contributed by atoms with Gasteiger partial charge in [0.2, 0.25) is 0 Å². The molecule has 2 heterocycles. The minimum Gasteiger partial charge on any atom is -0.310 e. The minimum atomic E-state index is -4.65. The van der Waals surface area contributed by atoms with Crippen molar-refractivity contribution >= 4 is 22.9 Å². The Morgan fingerprint density at radius 3 is 2.62 bits per heavy atom. The summed E-state index contributed by atoms with van der Waals surface area (Å²) in [5.74, 6) is -0.0178. The number of rotatable bonds is 5. The lowest BCUT2D eigenvalue weighted by atomic mass is 9.96. The molecule has 2 aromatic heterocycles. The number of alkyl halides is 3. The average molecular weight is 359 g/mol. The Labute approximate surface area is 142 Å². The third-order valence-corrected chi connectivity index (χ3v) is 4.90. The number of amides is 1. The predicted molar refractivity (Wildman–Crippen MR) is 88.5 cm³/mol. The SMILES string of the molecule is CC(C)CC(C)c1sccc1N(C)C(=O)c1cn[nH]c1C(F)(F)F. The van der Waals surface area contributed by atoms with Crippen molar-refractivity contribution < 1.29 is 18.0 Å². The maximum atomic E-state index is 13.0. The van der Waals surface area contributed by atoms with E-state index in [-0.39, 0.29) is 5.92 Å². The summed E-state index contributed by atoms with van der Waals surface area (Å²) in [5, 5.41) is 7.10. The molecule has 132 valence electrons. The van der Waals surface area contributed by atoms with E-state index in [4.69, 9.17) is 0 Å². The van der Waals surface area contributed by atoms with Crippen molar-refractivity contribution in [1.29, 1.82) is 0 Å². The number of aromatic amines is 1. The van der Waals surface area contributed by atoms with Gasteiger partial charge < -0.3 is 4.90 Å². The predicted octanol–water partition coefficient (Wildman–Crippen LogP) is 4.92. The number of aromatic nitrogens is 2. The molecule has 0 aliphatic rings. The number of hydrogen-bond acceptors (Lipinski definition) is 3. The molecule has 2 aromatic rings. The summed E-state index contributed by atoms with van der Waals surface area (Å²) in [4.78, 5) is 14.8. The van der Waals surface area contributed by atoms with Gasteiger partial charge in [0, 0.05) is 11.9 Å². The van der Waals surface area contributed by atoms with Gasteiger partial charge in [0.25, 0.3) is 5.91 Å². The zero-order chi connectivity index (χ0) is 18.1. The van der Waals surface area contributed by atoms with Gasteiger partial charge in [-0.15, -0.1) is 11.3 Å². The van der Waals surface area contributed by atoms with E-state index in [0.717, 1.165) is 17.5 Å². The number of halogens is 3. The van der Waals surface area contributed by atoms with Crippen molar-refractivity contribution in [3.05, 3.63) is 33.8 Å². The highest BCUT2D eigenvalue weighted by molar-refractivity contribution is 7.10. The van der Waals surface area contributed by atoms with Gasteiger partial charge in [-0.05, 0) is 29.7 Å². The summed E-state index contributed by atoms with van der Waals surface area (Å²) >= 11 is 1.51. The highest BCUT2D eigenvalue weighted by atomic mass is 32.1. The molecule has 24 heavy (non-hydrogen) atoms. The van der Waals surface area contributed by atoms with E-state index in [1.54, 1.807) is 6.07 Å². The lowest BCUT2D eigenvalue weighted by Gasteiger charge is -2.21. The van der Waals surface area contributed by atoms with Gasteiger partial charge in [-0.3, -0.25) is 9.89 Å². The van der Waals surface area contributed by atoms with Crippen molar-refractivity contribution in [3.63, 3.8) is 0 Å². The van der Waals surface area contributed by atoms with Gasteiger partial charge in [-0.2, -0.15) is 18.3 Å². The molecule has 1 N–H and O–H groups in total. The second-order valence-corrected chi connectivity index (χ2v) is 7.17. The van der Waals surface area contributed by atoms with Crippen LogP contribution in [0.3, 0.4) is 0 Å². The van der Waals surface area contributed by atoms with Crippen molar-refractivity contribution in [2.45, 2.75) is 39.3 Å². The van der Waals surface area contributed by atoms with E-state index in [9.17, 15) is 18.0 Å². The molecule has 0 aliphatic heterocycles. The molecule has 0 saturated carbocycles. The Hall–Kier alpha value is -1.83. The van der Waals surface area contributed by atoms with Crippen LogP contribution in [-0.4, -0.2) is 23.2 Å². The quantitative estimate of drug-likeness (QED) is 0.824. The highest BCUT2D eigenvalue weighted by Gasteiger charge is 2.38. The van der Waals surface area contributed by atoms with E-state index >= 15 is 0 Å². The second kappa shape index (κ2) is 6.96. The smallest absolute Gasteiger partial charge is 0.310 e. The monoisotopic (exact) mass is 359 g/mol. The van der Waals surface area contributed by atoms with Crippen LogP contribution in [0.1, 0.15) is 54.0 Å². The van der Waals surface area contributed by atoms with Crippen LogP contribution in [0.15, 0.2) is 17.6 Å². The number of anilines is 1. The lowest BCUT2D eigenvalue weighted by molar-refractivity contribution is -0.141. The van der Waals surface area contributed by atoms with Crippen LogP contribution in [-0.2, 0) is 6.18 Å². The molecule has 2 rings (SSSR count). The lowest BCUT2D eigenvalue weighted by Crippen LogP contribution is -2.28. The number of thiophene rings is 1. The third-order valence-electron chi connectivity index (χ3n) is 3.77. The molecule has 1 amide bonds. The summed E-state index contributed by atoms with van der Waals surface area (Å²) in [6.07, 6.45) is -2.79. The Morgan fingerprint density at radius 1 is 1.38 bits per heavy atom. The maximum Gasteiger partial charge on any atom is 0.433 e. The first-order chi connectivity index (χ1) is 11.1. The largest absolute Gasteiger partial charge is 0.433 e. The van der Waals surface area contributed by atoms with E-state index < -0.39 is 23.3 Å². The topological polar surface area (TPSA) is 49.0 Å². The average Bonchev–Trinajstić information content (AvgIpc) is 3.13. The fraction of sp³-hybridized carbons (Fsp3) is 0.500. The van der Waals surface area contributed by atoms with Crippen LogP contribution >= 0.6 is 11.3 Å². The molecule has 1 unspecified atom stereocenters. The van der Waals surface area contributed by atoms with Crippen LogP contribution in [0.25, 0.3) is 0 Å². The van der Waals surface area contributed by atoms with Gasteiger partial charge >= 0.3 is 6.18 Å². The molecule has 4 nitrogen and oxygen atoms in total. The zero-order valence-electron chi connectivity index (χ0n) is 13.9. The highest BCUT2D eigenvalue weighted by Crippen LogP contribution is 2.37.